The maximum atomic E-state index is 13.3. The molecule has 2 aromatic carbocycles. The van der Waals surface area contributed by atoms with Crippen LogP contribution in [0.5, 0.6) is 5.75 Å². The van der Waals surface area contributed by atoms with Crippen LogP contribution in [0, 0.1) is 17.8 Å². The summed E-state index contributed by atoms with van der Waals surface area (Å²) in [5.41, 5.74) is 1.96. The number of aromatic carboxylic acids is 1. The molecule has 6 nitrogen and oxygen atoms in total. The van der Waals surface area contributed by atoms with Gasteiger partial charge in [0, 0.05) is 23.1 Å². The number of hydrogen-bond acceptors (Lipinski definition) is 6. The fraction of sp³-hybridized carbons (Fsp3) is 0.500. The highest BCUT2D eigenvalue weighted by molar-refractivity contribution is 8.14. The van der Waals surface area contributed by atoms with E-state index in [1.54, 1.807) is 25.3 Å². The fourth-order valence-electron chi connectivity index (χ4n) is 6.84. The Bertz CT molecular complexity index is 1060. The predicted molar refractivity (Wildman–Crippen MR) is 133 cm³/mol. The van der Waals surface area contributed by atoms with Gasteiger partial charge in [0.05, 0.1) is 12.2 Å². The molecule has 1 atom stereocenters. The molecular formula is C28H32O6S. The highest BCUT2D eigenvalue weighted by Gasteiger charge is 2.52. The highest BCUT2D eigenvalue weighted by Crippen LogP contribution is 2.62. The van der Waals surface area contributed by atoms with Crippen molar-refractivity contribution in [3.05, 3.63) is 59.2 Å². The van der Waals surface area contributed by atoms with E-state index in [0.717, 1.165) is 60.1 Å². The van der Waals surface area contributed by atoms with Gasteiger partial charge in [-0.15, -0.1) is 0 Å². The third-order valence-corrected chi connectivity index (χ3v) is 8.78. The lowest BCUT2D eigenvalue weighted by Crippen LogP contribution is -2.48. The van der Waals surface area contributed by atoms with E-state index in [1.807, 2.05) is 19.1 Å². The normalized spacial score (nSPS) is 27.5. The van der Waals surface area contributed by atoms with Crippen LogP contribution >= 0.6 is 11.8 Å². The molecule has 0 radical (unpaired) electrons. The quantitative estimate of drug-likeness (QED) is 0.330. The Hall–Kier alpha value is -2.35. The molecule has 4 bridgehead atoms. The van der Waals surface area contributed by atoms with E-state index >= 15 is 0 Å². The molecule has 7 heteroatoms. The van der Waals surface area contributed by atoms with Gasteiger partial charge in [0.2, 0.25) is 5.12 Å². The largest absolute Gasteiger partial charge is 0.478 e. The Balaban J connectivity index is 1.46. The molecule has 0 spiro atoms. The van der Waals surface area contributed by atoms with E-state index in [2.05, 4.69) is 0 Å². The molecule has 0 aromatic heterocycles. The summed E-state index contributed by atoms with van der Waals surface area (Å²) in [6.45, 7) is 1.58. The van der Waals surface area contributed by atoms with Crippen molar-refractivity contribution in [1.82, 2.24) is 0 Å². The highest BCUT2D eigenvalue weighted by atomic mass is 32.2. The third-order valence-electron chi connectivity index (χ3n) is 7.86. The van der Waals surface area contributed by atoms with E-state index in [4.69, 9.17) is 19.3 Å². The lowest BCUT2D eigenvalue weighted by Gasteiger charge is -2.57. The van der Waals surface area contributed by atoms with Gasteiger partial charge in [-0.1, -0.05) is 0 Å². The van der Waals surface area contributed by atoms with Crippen LogP contribution in [0.15, 0.2) is 47.4 Å². The lowest BCUT2D eigenvalue weighted by molar-refractivity contribution is -0.231. The minimum Gasteiger partial charge on any atom is -0.478 e. The fourth-order valence-corrected chi connectivity index (χ4v) is 7.57. The lowest BCUT2D eigenvalue weighted by atomic mass is 9.48. The summed E-state index contributed by atoms with van der Waals surface area (Å²) in [7, 11) is 1.56. The van der Waals surface area contributed by atoms with E-state index in [1.165, 1.54) is 31.4 Å². The number of hydrogen-bond donors (Lipinski definition) is 1. The zero-order chi connectivity index (χ0) is 24.6. The second-order valence-electron chi connectivity index (χ2n) is 10.2. The Morgan fingerprint density at radius 2 is 1.60 bits per heavy atom. The molecule has 4 fully saturated rings. The van der Waals surface area contributed by atoms with Crippen molar-refractivity contribution in [3.63, 3.8) is 0 Å². The van der Waals surface area contributed by atoms with Crippen LogP contribution in [0.4, 0.5) is 0 Å². The number of benzene rings is 2. The van der Waals surface area contributed by atoms with E-state index < -0.39 is 12.4 Å². The Kier molecular flexibility index (Phi) is 6.93. The van der Waals surface area contributed by atoms with Gasteiger partial charge in [-0.2, -0.15) is 0 Å². The van der Waals surface area contributed by atoms with Crippen LogP contribution in [0.2, 0.25) is 0 Å². The summed E-state index contributed by atoms with van der Waals surface area (Å²) in [6, 6.07) is 12.1. The van der Waals surface area contributed by atoms with Crippen LogP contribution in [-0.2, 0) is 14.9 Å². The van der Waals surface area contributed by atoms with Crippen molar-refractivity contribution < 1.29 is 28.9 Å². The van der Waals surface area contributed by atoms with Crippen molar-refractivity contribution in [2.45, 2.75) is 62.2 Å². The van der Waals surface area contributed by atoms with Crippen molar-refractivity contribution in [3.8, 4) is 5.75 Å². The second kappa shape index (κ2) is 9.96. The van der Waals surface area contributed by atoms with Crippen LogP contribution in [0.3, 0.4) is 0 Å². The van der Waals surface area contributed by atoms with Crippen LogP contribution < -0.4 is 4.74 Å². The first kappa shape index (κ1) is 24.3. The summed E-state index contributed by atoms with van der Waals surface area (Å²) >= 11 is 1.11. The van der Waals surface area contributed by atoms with Gasteiger partial charge in [-0.3, -0.25) is 4.79 Å². The second-order valence-corrected chi connectivity index (χ2v) is 11.3. The first-order valence-electron chi connectivity index (χ1n) is 12.4. The third kappa shape index (κ3) is 4.99. The number of carbonyl (C=O) groups excluding carboxylic acids is 1. The van der Waals surface area contributed by atoms with Crippen molar-refractivity contribution in [1.29, 1.82) is 0 Å². The Morgan fingerprint density at radius 1 is 1.00 bits per heavy atom. The molecule has 2 aromatic rings. The van der Waals surface area contributed by atoms with Gasteiger partial charge in [-0.05, 0) is 123 Å². The van der Waals surface area contributed by atoms with Crippen molar-refractivity contribution >= 4 is 22.8 Å². The number of thioether (sulfide) groups is 1. The SMILES string of the molecule is CCOC(OC)Oc1ccc(C(=O)Sc2ccc(C(=O)O)cc2)cc1C12CC3CC(CC(C3)C1)C2. The van der Waals surface area contributed by atoms with Gasteiger partial charge in [-0.25, -0.2) is 4.79 Å². The van der Waals surface area contributed by atoms with Crippen molar-refractivity contribution in [2.75, 3.05) is 13.7 Å². The molecule has 0 aliphatic heterocycles. The molecule has 4 aliphatic carbocycles. The number of ether oxygens (including phenoxy) is 3. The van der Waals surface area contributed by atoms with Crippen LogP contribution in [0.25, 0.3) is 0 Å². The number of carboxylic acid groups (broad SMARTS) is 1. The molecule has 6 rings (SSSR count). The van der Waals surface area contributed by atoms with E-state index in [0.29, 0.717) is 17.1 Å². The molecular weight excluding hydrogens is 464 g/mol. The topological polar surface area (TPSA) is 82.1 Å². The summed E-state index contributed by atoms with van der Waals surface area (Å²) < 4.78 is 17.2. The minimum absolute atomic E-state index is 0.0265. The maximum absolute atomic E-state index is 13.3. The number of rotatable bonds is 9. The zero-order valence-corrected chi connectivity index (χ0v) is 21.0. The summed E-state index contributed by atoms with van der Waals surface area (Å²) in [4.78, 5) is 25.1. The average molecular weight is 497 g/mol. The first-order chi connectivity index (χ1) is 16.9. The molecule has 0 heterocycles. The Labute approximate surface area is 210 Å². The molecule has 186 valence electrons. The smallest absolute Gasteiger partial charge is 0.335 e. The first-order valence-corrected chi connectivity index (χ1v) is 13.2. The molecule has 35 heavy (non-hydrogen) atoms. The van der Waals surface area contributed by atoms with Crippen LogP contribution in [-0.4, -0.2) is 36.4 Å². The molecule has 1 N–H and O–H groups in total. The number of methoxy groups -OCH3 is 1. The van der Waals surface area contributed by atoms with Gasteiger partial charge >= 0.3 is 12.4 Å². The van der Waals surface area contributed by atoms with Gasteiger partial charge < -0.3 is 19.3 Å². The molecule has 0 amide bonds. The standard InChI is InChI=1S/C28H32O6S/c1-3-33-27(32-2)34-24-9-6-21(26(31)35-22-7-4-20(5-8-22)25(29)30)13-23(24)28-14-17-10-18(15-28)12-19(11-17)16-28/h4-9,13,17-19,27H,3,10-12,14-16H2,1-2H3,(H,29,30). The van der Waals surface area contributed by atoms with Crippen LogP contribution in [0.1, 0.15) is 71.7 Å². The summed E-state index contributed by atoms with van der Waals surface area (Å²) in [5, 5.41) is 9.05. The van der Waals surface area contributed by atoms with Crippen molar-refractivity contribution in [2.24, 2.45) is 17.8 Å². The van der Waals surface area contributed by atoms with E-state index in [-0.39, 0.29) is 16.1 Å². The molecule has 4 saturated carbocycles. The van der Waals surface area contributed by atoms with Gasteiger partial charge in [0.15, 0.2) is 0 Å². The number of carbonyl (C=O) groups is 2. The Morgan fingerprint density at radius 3 is 2.14 bits per heavy atom. The average Bonchev–Trinajstić information content (AvgIpc) is 2.83. The minimum atomic E-state index is -0.981. The van der Waals surface area contributed by atoms with Gasteiger partial charge in [0.1, 0.15) is 5.75 Å². The summed E-state index contributed by atoms with van der Waals surface area (Å²) in [5.74, 6) is 2.01. The maximum Gasteiger partial charge on any atom is 0.335 e. The molecule has 0 saturated heterocycles. The summed E-state index contributed by atoms with van der Waals surface area (Å²) in [6.07, 6.45) is 7.41. The number of carboxylic acids is 1. The zero-order valence-electron chi connectivity index (χ0n) is 20.2. The predicted octanol–water partition coefficient (Wildman–Crippen LogP) is 6.13. The van der Waals surface area contributed by atoms with Gasteiger partial charge in [0.25, 0.3) is 0 Å². The monoisotopic (exact) mass is 496 g/mol. The van der Waals surface area contributed by atoms with E-state index in [9.17, 15) is 9.59 Å². The molecule has 1 unspecified atom stereocenters. The molecule has 4 aliphatic rings.